The molecule has 3 rings (SSSR count). The Balaban J connectivity index is 2.11. The van der Waals surface area contributed by atoms with E-state index in [1.807, 2.05) is 43.5 Å². The third-order valence-corrected chi connectivity index (χ3v) is 5.02. The normalized spacial score (nSPS) is 23.5. The quantitative estimate of drug-likeness (QED) is 0.932. The SMILES string of the molecule is CCC[C@@H]1C(=O)N(C)C(N)=N[C@]1(C)c1cccc(-c2cccnc2)c1. The highest BCUT2D eigenvalue weighted by Gasteiger charge is 2.45. The fourth-order valence-electron chi connectivity index (χ4n) is 3.48. The van der Waals surface area contributed by atoms with Crippen LogP contribution in [-0.2, 0) is 10.3 Å². The van der Waals surface area contributed by atoms with E-state index in [0.717, 1.165) is 29.5 Å². The van der Waals surface area contributed by atoms with Crippen molar-refractivity contribution in [3.63, 3.8) is 0 Å². The minimum absolute atomic E-state index is 0.0311. The molecule has 0 bridgehead atoms. The minimum Gasteiger partial charge on any atom is -0.369 e. The number of aromatic nitrogens is 1. The third-order valence-electron chi connectivity index (χ3n) is 5.02. The van der Waals surface area contributed by atoms with Gasteiger partial charge in [0, 0.05) is 19.4 Å². The summed E-state index contributed by atoms with van der Waals surface area (Å²) in [7, 11) is 1.69. The van der Waals surface area contributed by atoms with E-state index in [4.69, 9.17) is 10.7 Å². The molecule has 5 nitrogen and oxygen atoms in total. The average molecular weight is 336 g/mol. The van der Waals surface area contributed by atoms with Crippen molar-refractivity contribution < 1.29 is 4.79 Å². The monoisotopic (exact) mass is 336 g/mol. The zero-order chi connectivity index (χ0) is 18.0. The third kappa shape index (κ3) is 3.02. The van der Waals surface area contributed by atoms with E-state index in [9.17, 15) is 4.79 Å². The Morgan fingerprint density at radius 1 is 1.24 bits per heavy atom. The summed E-state index contributed by atoms with van der Waals surface area (Å²) in [4.78, 5) is 23.2. The van der Waals surface area contributed by atoms with E-state index in [0.29, 0.717) is 0 Å². The summed E-state index contributed by atoms with van der Waals surface area (Å²) in [5, 5.41) is 0. The van der Waals surface area contributed by atoms with Crippen LogP contribution in [0.4, 0.5) is 0 Å². The van der Waals surface area contributed by atoms with Crippen LogP contribution in [0.2, 0.25) is 0 Å². The van der Waals surface area contributed by atoms with Gasteiger partial charge in [-0.3, -0.25) is 14.7 Å². The molecule has 2 aromatic rings. The van der Waals surface area contributed by atoms with Gasteiger partial charge in [-0.2, -0.15) is 0 Å². The van der Waals surface area contributed by atoms with Gasteiger partial charge in [0.1, 0.15) is 0 Å². The highest BCUT2D eigenvalue weighted by atomic mass is 16.2. The largest absolute Gasteiger partial charge is 0.369 e. The predicted octanol–water partition coefficient (Wildman–Crippen LogP) is 3.17. The molecule has 1 amide bonds. The molecule has 130 valence electrons. The number of nitrogens with zero attached hydrogens (tertiary/aromatic N) is 3. The second-order valence-corrected chi connectivity index (χ2v) is 6.68. The number of hydrogen-bond donors (Lipinski definition) is 1. The van der Waals surface area contributed by atoms with Gasteiger partial charge in [0.15, 0.2) is 5.96 Å². The van der Waals surface area contributed by atoms with Crippen molar-refractivity contribution >= 4 is 11.9 Å². The number of benzene rings is 1. The molecule has 0 fully saturated rings. The molecule has 1 aromatic heterocycles. The highest BCUT2D eigenvalue weighted by Crippen LogP contribution is 2.41. The van der Waals surface area contributed by atoms with E-state index in [1.165, 1.54) is 4.90 Å². The standard InChI is InChI=1S/C20H24N4O/c1-4-7-17-18(25)24(3)19(21)23-20(17,2)16-10-5-8-14(12-16)15-9-6-11-22-13-15/h5-6,8-13,17H,4,7H2,1-3H3,(H2,21,23)/t17-,20-/m1/s1. The van der Waals surface area contributed by atoms with Gasteiger partial charge in [-0.25, -0.2) is 4.99 Å². The molecule has 1 aliphatic heterocycles. The molecule has 1 aromatic carbocycles. The van der Waals surface area contributed by atoms with Gasteiger partial charge in [0.25, 0.3) is 0 Å². The van der Waals surface area contributed by atoms with Crippen LogP contribution >= 0.6 is 0 Å². The molecule has 0 spiro atoms. The van der Waals surface area contributed by atoms with Crippen LogP contribution in [0.3, 0.4) is 0 Å². The Morgan fingerprint density at radius 3 is 2.68 bits per heavy atom. The van der Waals surface area contributed by atoms with Gasteiger partial charge in [0.05, 0.1) is 11.5 Å². The summed E-state index contributed by atoms with van der Waals surface area (Å²) in [5.74, 6) is 0.0780. The van der Waals surface area contributed by atoms with E-state index in [1.54, 1.807) is 13.2 Å². The van der Waals surface area contributed by atoms with Crippen molar-refractivity contribution in [2.75, 3.05) is 7.05 Å². The summed E-state index contributed by atoms with van der Waals surface area (Å²) in [6, 6.07) is 12.1. The molecule has 0 saturated heterocycles. The second-order valence-electron chi connectivity index (χ2n) is 6.68. The van der Waals surface area contributed by atoms with E-state index in [2.05, 4.69) is 18.0 Å². The minimum atomic E-state index is -0.665. The van der Waals surface area contributed by atoms with Crippen molar-refractivity contribution in [1.82, 2.24) is 9.88 Å². The molecule has 5 heteroatoms. The van der Waals surface area contributed by atoms with Gasteiger partial charge in [0.2, 0.25) is 5.91 Å². The maximum atomic E-state index is 12.8. The summed E-state index contributed by atoms with van der Waals surface area (Å²) >= 11 is 0. The van der Waals surface area contributed by atoms with Crippen LogP contribution in [-0.4, -0.2) is 28.8 Å². The van der Waals surface area contributed by atoms with Crippen molar-refractivity contribution in [3.05, 3.63) is 54.4 Å². The summed E-state index contributed by atoms with van der Waals surface area (Å²) in [5.41, 5.74) is 8.46. The van der Waals surface area contributed by atoms with Crippen LogP contribution in [0, 0.1) is 5.92 Å². The van der Waals surface area contributed by atoms with Gasteiger partial charge >= 0.3 is 0 Å². The molecule has 2 N–H and O–H groups in total. The first-order valence-electron chi connectivity index (χ1n) is 8.61. The first-order chi connectivity index (χ1) is 12.0. The lowest BCUT2D eigenvalue weighted by Gasteiger charge is -2.40. The Kier molecular flexibility index (Phi) is 4.57. The van der Waals surface area contributed by atoms with Crippen LogP contribution < -0.4 is 5.73 Å². The number of nitrogens with two attached hydrogens (primary N) is 1. The number of guanidine groups is 1. The molecule has 0 unspecified atom stereocenters. The van der Waals surface area contributed by atoms with Crippen LogP contribution in [0.15, 0.2) is 53.8 Å². The lowest BCUT2D eigenvalue weighted by molar-refractivity contribution is -0.134. The van der Waals surface area contributed by atoms with E-state index >= 15 is 0 Å². The summed E-state index contributed by atoms with van der Waals surface area (Å²) in [6.45, 7) is 4.09. The Morgan fingerprint density at radius 2 is 2.00 bits per heavy atom. The van der Waals surface area contributed by atoms with Crippen LogP contribution in [0.25, 0.3) is 11.1 Å². The second kappa shape index (κ2) is 6.67. The lowest BCUT2D eigenvalue weighted by atomic mass is 9.75. The number of rotatable bonds is 4. The zero-order valence-corrected chi connectivity index (χ0v) is 14.9. The lowest BCUT2D eigenvalue weighted by Crippen LogP contribution is -2.53. The fraction of sp³-hybridized carbons (Fsp3) is 0.350. The zero-order valence-electron chi connectivity index (χ0n) is 14.9. The Hall–Kier alpha value is -2.69. The molecule has 0 radical (unpaired) electrons. The first kappa shape index (κ1) is 17.1. The van der Waals surface area contributed by atoms with Gasteiger partial charge < -0.3 is 5.73 Å². The number of pyridine rings is 1. The van der Waals surface area contributed by atoms with Crippen LogP contribution in [0.5, 0.6) is 0 Å². The molecule has 1 aliphatic rings. The number of aliphatic imine (C=N–C) groups is 1. The smallest absolute Gasteiger partial charge is 0.234 e. The predicted molar refractivity (Wildman–Crippen MR) is 99.8 cm³/mol. The molecule has 0 saturated carbocycles. The van der Waals surface area contributed by atoms with Crippen molar-refractivity contribution in [1.29, 1.82) is 0 Å². The van der Waals surface area contributed by atoms with Gasteiger partial charge in [-0.05, 0) is 42.2 Å². The fourth-order valence-corrected chi connectivity index (χ4v) is 3.48. The summed E-state index contributed by atoms with van der Waals surface area (Å²) < 4.78 is 0. The molecular formula is C20H24N4O. The first-order valence-corrected chi connectivity index (χ1v) is 8.61. The number of hydrogen-bond acceptors (Lipinski definition) is 4. The summed E-state index contributed by atoms with van der Waals surface area (Å²) in [6.07, 6.45) is 5.28. The van der Waals surface area contributed by atoms with E-state index in [-0.39, 0.29) is 17.8 Å². The molecule has 25 heavy (non-hydrogen) atoms. The molecule has 0 aliphatic carbocycles. The molecule has 2 heterocycles. The molecule has 2 atom stereocenters. The van der Waals surface area contributed by atoms with Gasteiger partial charge in [-0.1, -0.05) is 37.6 Å². The molecular weight excluding hydrogens is 312 g/mol. The van der Waals surface area contributed by atoms with Crippen molar-refractivity contribution in [2.45, 2.75) is 32.2 Å². The van der Waals surface area contributed by atoms with Crippen molar-refractivity contribution in [3.8, 4) is 11.1 Å². The number of carbonyl (C=O) groups excluding carboxylic acids is 1. The number of amides is 1. The highest BCUT2D eigenvalue weighted by molar-refractivity contribution is 6.00. The van der Waals surface area contributed by atoms with Gasteiger partial charge in [-0.15, -0.1) is 0 Å². The average Bonchev–Trinajstić information content (AvgIpc) is 2.64. The number of carbonyl (C=O) groups is 1. The Bertz CT molecular complexity index is 802. The van der Waals surface area contributed by atoms with Crippen molar-refractivity contribution in [2.24, 2.45) is 16.6 Å². The maximum absolute atomic E-state index is 12.8. The maximum Gasteiger partial charge on any atom is 0.234 e. The Labute approximate surface area is 148 Å². The van der Waals surface area contributed by atoms with Crippen LogP contribution in [0.1, 0.15) is 32.3 Å². The van der Waals surface area contributed by atoms with E-state index < -0.39 is 5.54 Å². The topological polar surface area (TPSA) is 71.6 Å².